The van der Waals surface area contributed by atoms with Crippen LogP contribution < -0.4 is 19.7 Å². The predicted octanol–water partition coefficient (Wildman–Crippen LogP) is 3.85. The molecule has 7 heteroatoms. The Morgan fingerprint density at radius 1 is 1.15 bits per heavy atom. The van der Waals surface area contributed by atoms with Gasteiger partial charge in [0.05, 0.1) is 14.2 Å². The molecule has 2 aromatic carbocycles. The first-order valence-electron chi connectivity index (χ1n) is 8.17. The third-order valence-electron chi connectivity index (χ3n) is 4.20. The summed E-state index contributed by atoms with van der Waals surface area (Å²) >= 11 is 3.39. The summed E-state index contributed by atoms with van der Waals surface area (Å²) in [6.07, 6.45) is 1.42. The van der Waals surface area contributed by atoms with Gasteiger partial charge in [0.15, 0.2) is 0 Å². The van der Waals surface area contributed by atoms with Gasteiger partial charge in [-0.05, 0) is 52.7 Å². The first-order valence-corrected chi connectivity index (χ1v) is 8.96. The minimum absolute atomic E-state index is 0.107. The number of benzene rings is 2. The summed E-state index contributed by atoms with van der Waals surface area (Å²) in [6.45, 7) is 0.706. The number of amides is 2. The van der Waals surface area contributed by atoms with Crippen molar-refractivity contribution in [1.29, 1.82) is 0 Å². The lowest BCUT2D eigenvalue weighted by Crippen LogP contribution is -2.23. The normalized spacial score (nSPS) is 13.7. The second-order valence-electron chi connectivity index (χ2n) is 5.85. The lowest BCUT2D eigenvalue weighted by molar-refractivity contribution is -0.117. The highest BCUT2D eigenvalue weighted by atomic mass is 79.9. The van der Waals surface area contributed by atoms with Gasteiger partial charge in [0.25, 0.3) is 5.91 Å². The zero-order valence-electron chi connectivity index (χ0n) is 14.5. The minimum atomic E-state index is -0.293. The summed E-state index contributed by atoms with van der Waals surface area (Å²) in [5.74, 6) is 0.826. The number of rotatable bonds is 5. The number of hydrogen-bond donors (Lipinski definition) is 1. The van der Waals surface area contributed by atoms with Gasteiger partial charge in [-0.1, -0.05) is 6.07 Å². The van der Waals surface area contributed by atoms with Crippen LogP contribution in [0.25, 0.3) is 0 Å². The topological polar surface area (TPSA) is 67.9 Å². The van der Waals surface area contributed by atoms with Gasteiger partial charge in [-0.25, -0.2) is 0 Å². The molecule has 0 spiro atoms. The van der Waals surface area contributed by atoms with Gasteiger partial charge >= 0.3 is 0 Å². The molecule has 1 heterocycles. The van der Waals surface area contributed by atoms with Crippen molar-refractivity contribution in [3.8, 4) is 11.5 Å². The van der Waals surface area contributed by atoms with E-state index in [9.17, 15) is 9.59 Å². The van der Waals surface area contributed by atoms with Crippen LogP contribution in [0.15, 0.2) is 40.9 Å². The standard InChI is InChI=1S/C19H19BrN2O4/c1-25-15-9-12(10-16(26-2)18(15)20)19(24)21-13-5-3-6-14(11-13)22-8-4-7-17(22)23/h3,5-6,9-11H,4,7-8H2,1-2H3,(H,21,24). The van der Waals surface area contributed by atoms with Crippen LogP contribution in [0.2, 0.25) is 0 Å². The van der Waals surface area contributed by atoms with E-state index in [-0.39, 0.29) is 11.8 Å². The Morgan fingerprint density at radius 3 is 2.42 bits per heavy atom. The van der Waals surface area contributed by atoms with Crippen molar-refractivity contribution in [2.45, 2.75) is 12.8 Å². The average Bonchev–Trinajstić information content (AvgIpc) is 3.08. The maximum absolute atomic E-state index is 12.6. The fraction of sp³-hybridized carbons (Fsp3) is 0.263. The molecule has 0 aromatic heterocycles. The molecule has 2 aromatic rings. The van der Waals surface area contributed by atoms with Gasteiger partial charge in [0.1, 0.15) is 16.0 Å². The molecule has 0 unspecified atom stereocenters. The molecule has 1 saturated heterocycles. The highest BCUT2D eigenvalue weighted by Gasteiger charge is 2.22. The zero-order valence-corrected chi connectivity index (χ0v) is 16.1. The molecule has 0 atom stereocenters. The zero-order chi connectivity index (χ0) is 18.7. The smallest absolute Gasteiger partial charge is 0.255 e. The van der Waals surface area contributed by atoms with Crippen molar-refractivity contribution < 1.29 is 19.1 Å². The number of ether oxygens (including phenoxy) is 2. The summed E-state index contributed by atoms with van der Waals surface area (Å²) in [7, 11) is 3.05. The fourth-order valence-corrected chi connectivity index (χ4v) is 3.43. The van der Waals surface area contributed by atoms with Crippen molar-refractivity contribution in [2.75, 3.05) is 31.0 Å². The molecule has 1 fully saturated rings. The number of anilines is 2. The lowest BCUT2D eigenvalue weighted by atomic mass is 10.1. The second-order valence-corrected chi connectivity index (χ2v) is 6.64. The van der Waals surface area contributed by atoms with Crippen molar-refractivity contribution in [3.05, 3.63) is 46.4 Å². The van der Waals surface area contributed by atoms with E-state index in [1.165, 1.54) is 14.2 Å². The molecule has 1 aliphatic heterocycles. The number of halogens is 1. The summed E-state index contributed by atoms with van der Waals surface area (Å²) in [4.78, 5) is 26.3. The highest BCUT2D eigenvalue weighted by Crippen LogP contribution is 2.36. The first kappa shape index (κ1) is 18.3. The first-order chi connectivity index (χ1) is 12.5. The molecule has 1 N–H and O–H groups in total. The Bertz CT molecular complexity index is 828. The van der Waals surface area contributed by atoms with Crippen molar-refractivity contribution in [2.24, 2.45) is 0 Å². The fourth-order valence-electron chi connectivity index (χ4n) is 2.88. The van der Waals surface area contributed by atoms with E-state index >= 15 is 0 Å². The van der Waals surface area contributed by atoms with E-state index in [1.54, 1.807) is 29.2 Å². The number of nitrogens with one attached hydrogen (secondary N) is 1. The van der Waals surface area contributed by atoms with Gasteiger partial charge in [-0.15, -0.1) is 0 Å². The van der Waals surface area contributed by atoms with Gasteiger partial charge in [-0.2, -0.15) is 0 Å². The van der Waals surface area contributed by atoms with E-state index in [1.807, 2.05) is 12.1 Å². The number of nitrogens with zero attached hydrogens (tertiary/aromatic N) is 1. The van der Waals surface area contributed by atoms with Crippen molar-refractivity contribution in [1.82, 2.24) is 0 Å². The number of hydrogen-bond acceptors (Lipinski definition) is 4. The van der Waals surface area contributed by atoms with E-state index in [0.717, 1.165) is 12.1 Å². The van der Waals surface area contributed by atoms with E-state index < -0.39 is 0 Å². The van der Waals surface area contributed by atoms with Crippen LogP contribution in [0.5, 0.6) is 11.5 Å². The summed E-state index contributed by atoms with van der Waals surface area (Å²) in [6, 6.07) is 10.5. The van der Waals surface area contributed by atoms with Crippen LogP contribution in [-0.4, -0.2) is 32.6 Å². The van der Waals surface area contributed by atoms with Crippen molar-refractivity contribution >= 4 is 39.1 Å². The molecule has 2 amide bonds. The van der Waals surface area contributed by atoms with E-state index in [0.29, 0.717) is 40.2 Å². The lowest BCUT2D eigenvalue weighted by Gasteiger charge is -2.17. The third-order valence-corrected chi connectivity index (χ3v) is 4.98. The van der Waals surface area contributed by atoms with Crippen LogP contribution >= 0.6 is 15.9 Å². The Balaban J connectivity index is 1.83. The maximum Gasteiger partial charge on any atom is 0.255 e. The maximum atomic E-state index is 12.6. The molecular formula is C19H19BrN2O4. The average molecular weight is 419 g/mol. The van der Waals surface area contributed by atoms with Gasteiger partial charge in [0, 0.05) is 29.9 Å². The van der Waals surface area contributed by atoms with Gasteiger partial charge < -0.3 is 19.7 Å². The SMILES string of the molecule is COc1cc(C(=O)Nc2cccc(N3CCCC3=O)c2)cc(OC)c1Br. The van der Waals surface area contributed by atoms with Crippen LogP contribution in [0.3, 0.4) is 0 Å². The minimum Gasteiger partial charge on any atom is -0.495 e. The largest absolute Gasteiger partial charge is 0.495 e. The molecule has 1 aliphatic rings. The van der Waals surface area contributed by atoms with Crippen LogP contribution in [0.1, 0.15) is 23.2 Å². The van der Waals surface area contributed by atoms with Gasteiger partial charge in [-0.3, -0.25) is 9.59 Å². The summed E-state index contributed by atoms with van der Waals surface area (Å²) < 4.78 is 11.2. The van der Waals surface area contributed by atoms with Gasteiger partial charge in [0.2, 0.25) is 5.91 Å². The predicted molar refractivity (Wildman–Crippen MR) is 103 cm³/mol. The third kappa shape index (κ3) is 3.67. The molecule has 136 valence electrons. The van der Waals surface area contributed by atoms with E-state index in [2.05, 4.69) is 21.2 Å². The second kappa shape index (κ2) is 7.78. The summed E-state index contributed by atoms with van der Waals surface area (Å²) in [5.41, 5.74) is 1.81. The Labute approximate surface area is 160 Å². The Morgan fingerprint density at radius 2 is 1.85 bits per heavy atom. The molecular weight excluding hydrogens is 400 g/mol. The molecule has 0 bridgehead atoms. The molecule has 3 rings (SSSR count). The molecule has 0 aliphatic carbocycles. The number of carbonyl (C=O) groups is 2. The van der Waals surface area contributed by atoms with Crippen molar-refractivity contribution in [3.63, 3.8) is 0 Å². The molecule has 0 saturated carbocycles. The molecule has 6 nitrogen and oxygen atoms in total. The van der Waals surface area contributed by atoms with E-state index in [4.69, 9.17) is 9.47 Å². The monoisotopic (exact) mass is 418 g/mol. The highest BCUT2D eigenvalue weighted by molar-refractivity contribution is 9.10. The number of carbonyl (C=O) groups excluding carboxylic acids is 2. The molecule has 0 radical (unpaired) electrons. The van der Waals surface area contributed by atoms with Crippen LogP contribution in [0, 0.1) is 0 Å². The summed E-state index contributed by atoms with van der Waals surface area (Å²) in [5, 5.41) is 2.86. The van der Waals surface area contributed by atoms with Crippen LogP contribution in [-0.2, 0) is 4.79 Å². The number of methoxy groups -OCH3 is 2. The molecule has 26 heavy (non-hydrogen) atoms. The quantitative estimate of drug-likeness (QED) is 0.800. The Hall–Kier alpha value is -2.54. The Kier molecular flexibility index (Phi) is 5.46. The van der Waals surface area contributed by atoms with Crippen LogP contribution in [0.4, 0.5) is 11.4 Å².